The Kier molecular flexibility index (Phi) is 5.46. The lowest BCUT2D eigenvalue weighted by atomic mass is 10.0. The van der Waals surface area contributed by atoms with Crippen molar-refractivity contribution in [2.75, 3.05) is 5.75 Å². The van der Waals surface area contributed by atoms with Crippen molar-refractivity contribution in [1.82, 2.24) is 9.71 Å². The number of pyridine rings is 1. The van der Waals surface area contributed by atoms with Gasteiger partial charge in [0.15, 0.2) is 0 Å². The van der Waals surface area contributed by atoms with Gasteiger partial charge in [-0.2, -0.15) is 0 Å². The Labute approximate surface area is 147 Å². The van der Waals surface area contributed by atoms with Crippen LogP contribution in [0.3, 0.4) is 0 Å². The second-order valence-electron chi connectivity index (χ2n) is 6.58. The molecule has 2 aromatic rings. The van der Waals surface area contributed by atoms with Gasteiger partial charge in [-0.25, -0.2) is 17.5 Å². The Morgan fingerprint density at radius 2 is 2.08 bits per heavy atom. The molecule has 0 aliphatic heterocycles. The summed E-state index contributed by atoms with van der Waals surface area (Å²) in [6.07, 6.45) is 3.98. The lowest BCUT2D eigenvalue weighted by Gasteiger charge is -2.20. The molecule has 3 atom stereocenters. The maximum atomic E-state index is 13.6. The molecule has 7 heteroatoms. The zero-order chi connectivity index (χ0) is 17.9. The van der Waals surface area contributed by atoms with E-state index < -0.39 is 21.9 Å². The van der Waals surface area contributed by atoms with E-state index in [0.29, 0.717) is 11.3 Å². The van der Waals surface area contributed by atoms with Crippen LogP contribution in [0.25, 0.3) is 0 Å². The van der Waals surface area contributed by atoms with E-state index in [1.165, 1.54) is 12.1 Å². The van der Waals surface area contributed by atoms with Gasteiger partial charge in [-0.05, 0) is 55.0 Å². The zero-order valence-electron chi connectivity index (χ0n) is 13.8. The summed E-state index contributed by atoms with van der Waals surface area (Å²) in [7, 11) is -3.56. The summed E-state index contributed by atoms with van der Waals surface area (Å²) in [5.74, 6) is -0.330. The van der Waals surface area contributed by atoms with Crippen LogP contribution >= 0.6 is 0 Å². The second kappa shape index (κ2) is 7.59. The molecule has 1 heterocycles. The molecule has 0 radical (unpaired) electrons. The molecular weight excluding hydrogens is 341 g/mol. The smallest absolute Gasteiger partial charge is 0.212 e. The summed E-state index contributed by atoms with van der Waals surface area (Å²) in [5.41, 5.74) is 6.92. The summed E-state index contributed by atoms with van der Waals surface area (Å²) >= 11 is 0. The van der Waals surface area contributed by atoms with Crippen molar-refractivity contribution >= 4 is 10.0 Å². The number of rotatable bonds is 6. The number of hydrogen-bond donors (Lipinski definition) is 2. The first-order valence-electron chi connectivity index (χ1n) is 8.35. The van der Waals surface area contributed by atoms with Gasteiger partial charge in [0.25, 0.3) is 0 Å². The number of hydrogen-bond acceptors (Lipinski definition) is 4. The zero-order valence-corrected chi connectivity index (χ0v) is 14.6. The minimum Gasteiger partial charge on any atom is -0.328 e. The summed E-state index contributed by atoms with van der Waals surface area (Å²) < 4.78 is 41.7. The van der Waals surface area contributed by atoms with Crippen molar-refractivity contribution in [3.05, 3.63) is 65.7 Å². The van der Waals surface area contributed by atoms with Gasteiger partial charge < -0.3 is 5.73 Å². The molecule has 3 N–H and O–H groups in total. The lowest BCUT2D eigenvalue weighted by Crippen LogP contribution is -2.34. The highest BCUT2D eigenvalue weighted by atomic mass is 32.2. The van der Waals surface area contributed by atoms with E-state index in [4.69, 9.17) is 5.73 Å². The van der Waals surface area contributed by atoms with E-state index in [1.54, 1.807) is 36.5 Å². The molecule has 5 nitrogen and oxygen atoms in total. The fourth-order valence-electron chi connectivity index (χ4n) is 3.34. The quantitative estimate of drug-likeness (QED) is 0.825. The van der Waals surface area contributed by atoms with Crippen LogP contribution in [0.5, 0.6) is 0 Å². The van der Waals surface area contributed by atoms with Crippen LogP contribution < -0.4 is 10.5 Å². The van der Waals surface area contributed by atoms with Crippen molar-refractivity contribution in [2.45, 2.75) is 31.3 Å². The third-order valence-corrected chi connectivity index (χ3v) is 6.00. The summed E-state index contributed by atoms with van der Waals surface area (Å²) in [6, 6.07) is 10.5. The minimum absolute atomic E-state index is 0.0271. The second-order valence-corrected chi connectivity index (χ2v) is 8.38. The van der Waals surface area contributed by atoms with Crippen LogP contribution in [-0.2, 0) is 10.0 Å². The first kappa shape index (κ1) is 18.0. The Balaban J connectivity index is 1.85. The molecular formula is C18H22FN3O2S. The number of sulfonamides is 1. The molecule has 134 valence electrons. The molecule has 1 saturated carbocycles. The van der Waals surface area contributed by atoms with Gasteiger partial charge in [-0.1, -0.05) is 18.2 Å². The van der Waals surface area contributed by atoms with Gasteiger partial charge in [0.1, 0.15) is 5.82 Å². The number of halogens is 1. The van der Waals surface area contributed by atoms with Crippen LogP contribution in [0.2, 0.25) is 0 Å². The Morgan fingerprint density at radius 3 is 2.72 bits per heavy atom. The molecule has 0 spiro atoms. The molecule has 1 aliphatic carbocycles. The Hall–Kier alpha value is -1.83. The average Bonchev–Trinajstić information content (AvgIpc) is 2.97. The van der Waals surface area contributed by atoms with Crippen molar-refractivity contribution in [3.8, 4) is 0 Å². The molecule has 0 bridgehead atoms. The normalized spacial score (nSPS) is 22.0. The van der Waals surface area contributed by atoms with E-state index in [-0.39, 0.29) is 17.7 Å². The lowest BCUT2D eigenvalue weighted by molar-refractivity contribution is 0.534. The monoisotopic (exact) mass is 363 g/mol. The molecule has 1 aromatic carbocycles. The van der Waals surface area contributed by atoms with E-state index in [9.17, 15) is 12.8 Å². The molecule has 1 aliphatic rings. The first-order valence-corrected chi connectivity index (χ1v) is 10.00. The molecule has 0 amide bonds. The van der Waals surface area contributed by atoms with Gasteiger partial charge in [0, 0.05) is 12.2 Å². The minimum atomic E-state index is -3.56. The summed E-state index contributed by atoms with van der Waals surface area (Å²) in [4.78, 5) is 4.24. The average molecular weight is 363 g/mol. The van der Waals surface area contributed by atoms with Gasteiger partial charge in [0.2, 0.25) is 10.0 Å². The number of nitrogens with zero attached hydrogens (tertiary/aromatic N) is 1. The van der Waals surface area contributed by atoms with Crippen molar-refractivity contribution in [1.29, 1.82) is 0 Å². The van der Waals surface area contributed by atoms with Gasteiger partial charge in [-0.15, -0.1) is 0 Å². The third kappa shape index (κ3) is 4.84. The first-order chi connectivity index (χ1) is 11.9. The highest BCUT2D eigenvalue weighted by molar-refractivity contribution is 7.89. The van der Waals surface area contributed by atoms with Crippen LogP contribution in [0.1, 0.15) is 36.6 Å². The predicted molar refractivity (Wildman–Crippen MR) is 94.7 cm³/mol. The van der Waals surface area contributed by atoms with Crippen molar-refractivity contribution in [3.63, 3.8) is 0 Å². The van der Waals surface area contributed by atoms with E-state index in [0.717, 1.165) is 19.3 Å². The van der Waals surface area contributed by atoms with Gasteiger partial charge in [-0.3, -0.25) is 4.98 Å². The Morgan fingerprint density at radius 1 is 1.24 bits per heavy atom. The van der Waals surface area contributed by atoms with Crippen molar-refractivity contribution < 1.29 is 12.8 Å². The molecule has 0 saturated heterocycles. The van der Waals surface area contributed by atoms with Crippen LogP contribution in [-0.4, -0.2) is 25.2 Å². The van der Waals surface area contributed by atoms with E-state index in [2.05, 4.69) is 9.71 Å². The Bertz CT molecular complexity index is 814. The fraction of sp³-hybridized carbons (Fsp3) is 0.389. The summed E-state index contributed by atoms with van der Waals surface area (Å²) in [5, 5.41) is 0. The predicted octanol–water partition coefficient (Wildman–Crippen LogP) is 2.36. The van der Waals surface area contributed by atoms with E-state index in [1.807, 2.05) is 0 Å². The number of aromatic nitrogens is 1. The molecule has 3 rings (SSSR count). The largest absolute Gasteiger partial charge is 0.328 e. The number of benzene rings is 1. The van der Waals surface area contributed by atoms with E-state index >= 15 is 0 Å². The van der Waals surface area contributed by atoms with Crippen LogP contribution in [0.4, 0.5) is 4.39 Å². The SMILES string of the molecule is N[C@@H]1CC[C@H](CS(=O)(=O)NC(c2cccc(F)c2)c2ccccn2)C1. The number of nitrogens with two attached hydrogens (primary N) is 1. The fourth-order valence-corrected chi connectivity index (χ4v) is 4.97. The third-order valence-electron chi connectivity index (χ3n) is 4.50. The maximum absolute atomic E-state index is 13.6. The topological polar surface area (TPSA) is 85.1 Å². The summed E-state index contributed by atoms with van der Waals surface area (Å²) in [6.45, 7) is 0. The maximum Gasteiger partial charge on any atom is 0.212 e. The highest BCUT2D eigenvalue weighted by Crippen LogP contribution is 2.27. The molecule has 1 aromatic heterocycles. The standard InChI is InChI=1S/C18H22FN3O2S/c19-15-5-3-4-14(11-15)18(17-6-1-2-9-21-17)22-25(23,24)12-13-7-8-16(20)10-13/h1-6,9,11,13,16,18,22H,7-8,10,12,20H2/t13-,16+,18?/m0/s1. The highest BCUT2D eigenvalue weighted by Gasteiger charge is 2.29. The molecule has 25 heavy (non-hydrogen) atoms. The molecule has 1 fully saturated rings. The van der Waals surface area contributed by atoms with Gasteiger partial charge in [0.05, 0.1) is 17.5 Å². The van der Waals surface area contributed by atoms with Gasteiger partial charge >= 0.3 is 0 Å². The molecule has 1 unspecified atom stereocenters. The van der Waals surface area contributed by atoms with Crippen molar-refractivity contribution in [2.24, 2.45) is 11.7 Å². The van der Waals surface area contributed by atoms with Crippen LogP contribution in [0, 0.1) is 11.7 Å². The number of nitrogens with one attached hydrogen (secondary N) is 1. The van der Waals surface area contributed by atoms with Crippen LogP contribution in [0.15, 0.2) is 48.7 Å².